The summed E-state index contributed by atoms with van der Waals surface area (Å²) in [6.45, 7) is 12.6. The molecule has 36 heavy (non-hydrogen) atoms. The van der Waals surface area contributed by atoms with Crippen LogP contribution in [0.1, 0.15) is 111 Å². The van der Waals surface area contributed by atoms with Gasteiger partial charge in [0.2, 0.25) is 0 Å². The molecule has 0 aromatic heterocycles. The van der Waals surface area contributed by atoms with Crippen LogP contribution in [-0.4, -0.2) is 10.9 Å². The molecule has 4 saturated carbocycles. The number of benzene rings is 1. The van der Waals surface area contributed by atoms with E-state index in [0.717, 1.165) is 54.8 Å². The van der Waals surface area contributed by atoms with E-state index in [9.17, 15) is 9.90 Å². The van der Waals surface area contributed by atoms with E-state index in [0.29, 0.717) is 28.3 Å². The molecular formula is C34H52O2. The fraction of sp³-hybridized carbons (Fsp3) is 0.794. The van der Waals surface area contributed by atoms with Crippen molar-refractivity contribution in [2.75, 3.05) is 0 Å². The first kappa shape index (κ1) is 26.3. The quantitative estimate of drug-likeness (QED) is 0.413. The van der Waals surface area contributed by atoms with E-state index in [1.165, 1.54) is 63.4 Å². The summed E-state index contributed by atoms with van der Waals surface area (Å²) >= 11 is 0. The van der Waals surface area contributed by atoms with Gasteiger partial charge in [-0.25, -0.2) is 0 Å². The predicted molar refractivity (Wildman–Crippen MR) is 149 cm³/mol. The second kappa shape index (κ2) is 10.1. The van der Waals surface area contributed by atoms with Crippen LogP contribution in [-0.2, 0) is 11.2 Å². The minimum absolute atomic E-state index is 0.167. The van der Waals surface area contributed by atoms with Crippen LogP contribution in [0.4, 0.5) is 0 Å². The number of rotatable bonds is 7. The first-order chi connectivity index (χ1) is 17.1. The summed E-state index contributed by atoms with van der Waals surface area (Å²) in [7, 11) is 0. The zero-order valence-electron chi connectivity index (χ0n) is 23.8. The number of carbonyl (C=O) groups excluding carboxylic acids is 1. The molecule has 5 rings (SSSR count). The average molecular weight is 493 g/mol. The van der Waals surface area contributed by atoms with Gasteiger partial charge in [-0.05, 0) is 121 Å². The first-order valence-corrected chi connectivity index (χ1v) is 15.4. The van der Waals surface area contributed by atoms with Crippen LogP contribution in [0.15, 0.2) is 24.3 Å². The predicted octanol–water partition coefficient (Wildman–Crippen LogP) is 8.85. The molecular weight excluding hydrogens is 440 g/mol. The maximum atomic E-state index is 13.3. The van der Waals surface area contributed by atoms with Gasteiger partial charge in [0.05, 0.1) is 0 Å². The second-order valence-corrected chi connectivity index (χ2v) is 14.5. The highest BCUT2D eigenvalue weighted by atomic mass is 16.3. The first-order valence-electron chi connectivity index (χ1n) is 15.4. The van der Waals surface area contributed by atoms with Crippen molar-refractivity contribution >= 4 is 5.78 Å². The van der Waals surface area contributed by atoms with Crippen LogP contribution in [0.2, 0.25) is 0 Å². The number of fused-ring (bicyclic) bond motifs is 5. The Bertz CT molecular complexity index is 918. The van der Waals surface area contributed by atoms with Gasteiger partial charge in [-0.2, -0.15) is 0 Å². The van der Waals surface area contributed by atoms with Gasteiger partial charge in [0.15, 0.2) is 0 Å². The highest BCUT2D eigenvalue weighted by molar-refractivity contribution is 5.82. The van der Waals surface area contributed by atoms with Crippen molar-refractivity contribution in [2.24, 2.45) is 58.2 Å². The fourth-order valence-electron chi connectivity index (χ4n) is 10.5. The van der Waals surface area contributed by atoms with E-state index in [4.69, 9.17) is 0 Å². The van der Waals surface area contributed by atoms with Gasteiger partial charge in [0.1, 0.15) is 11.5 Å². The summed E-state index contributed by atoms with van der Waals surface area (Å²) in [4.78, 5) is 13.3. The number of Topliss-reactive ketones (excluding diaryl/α,β-unsaturated/α-hetero) is 1. The van der Waals surface area contributed by atoms with Crippen molar-refractivity contribution in [3.05, 3.63) is 29.8 Å². The number of hydrogen-bond donors (Lipinski definition) is 1. The summed E-state index contributed by atoms with van der Waals surface area (Å²) < 4.78 is 0. The van der Waals surface area contributed by atoms with Crippen LogP contribution in [0.25, 0.3) is 0 Å². The molecule has 0 saturated heterocycles. The van der Waals surface area contributed by atoms with Crippen molar-refractivity contribution in [1.82, 2.24) is 0 Å². The molecule has 1 aromatic rings. The molecule has 0 spiro atoms. The highest BCUT2D eigenvalue weighted by Crippen LogP contribution is 2.68. The Morgan fingerprint density at radius 2 is 1.56 bits per heavy atom. The Morgan fingerprint density at radius 1 is 0.861 bits per heavy atom. The van der Waals surface area contributed by atoms with Crippen LogP contribution in [0.5, 0.6) is 5.75 Å². The normalized spacial score (nSPS) is 41.0. The molecule has 0 heterocycles. The number of phenols is 1. The van der Waals surface area contributed by atoms with Gasteiger partial charge < -0.3 is 5.11 Å². The van der Waals surface area contributed by atoms with E-state index in [1.54, 1.807) is 12.1 Å². The summed E-state index contributed by atoms with van der Waals surface area (Å²) in [5.41, 5.74) is 2.07. The molecule has 2 heteroatoms. The number of carbonyl (C=O) groups is 1. The Labute approximate surface area is 221 Å². The Morgan fingerprint density at radius 3 is 2.28 bits per heavy atom. The van der Waals surface area contributed by atoms with Crippen molar-refractivity contribution in [3.63, 3.8) is 0 Å². The molecule has 0 bridgehead atoms. The van der Waals surface area contributed by atoms with E-state index < -0.39 is 0 Å². The lowest BCUT2D eigenvalue weighted by Gasteiger charge is -2.62. The summed E-state index contributed by atoms with van der Waals surface area (Å²) in [6.07, 6.45) is 15.2. The van der Waals surface area contributed by atoms with E-state index in [1.807, 2.05) is 12.1 Å². The van der Waals surface area contributed by atoms with Gasteiger partial charge in [0, 0.05) is 12.3 Å². The second-order valence-electron chi connectivity index (χ2n) is 14.5. The standard InChI is InChI=1S/C34H52O2/c1-22(2)7-6-8-23(3)28-15-16-29-26-13-14-30-27(21-24-9-11-25(35)12-10-24)32(36)18-20-34(30,5)31(26)17-19-33(28,29)4/h9-12,22-23,26-31,35H,6-8,13-21H2,1-5H3/t23-,26+,27+,28-,29+,30?,31+,33-,34+/m1/s1. The van der Waals surface area contributed by atoms with Crippen LogP contribution in [0, 0.1) is 58.2 Å². The SMILES string of the molecule is CC(C)CCC[C@@H](C)[C@H]1CC[C@H]2[C@@H]3CCC4[C@H](Cc5ccc(O)cc5)C(=O)CC[C@]4(C)[C@H]3CC[C@]12C. The van der Waals surface area contributed by atoms with E-state index in [-0.39, 0.29) is 5.92 Å². The third kappa shape index (κ3) is 4.58. The maximum Gasteiger partial charge on any atom is 0.136 e. The molecule has 4 aliphatic rings. The van der Waals surface area contributed by atoms with Crippen molar-refractivity contribution in [2.45, 2.75) is 112 Å². The van der Waals surface area contributed by atoms with E-state index in [2.05, 4.69) is 34.6 Å². The van der Waals surface area contributed by atoms with Gasteiger partial charge in [-0.1, -0.05) is 66.0 Å². The van der Waals surface area contributed by atoms with Gasteiger partial charge in [0.25, 0.3) is 0 Å². The Kier molecular flexibility index (Phi) is 7.38. The lowest BCUT2D eigenvalue weighted by atomic mass is 9.43. The molecule has 2 nitrogen and oxygen atoms in total. The van der Waals surface area contributed by atoms with Gasteiger partial charge in [-0.15, -0.1) is 0 Å². The molecule has 9 atom stereocenters. The van der Waals surface area contributed by atoms with Gasteiger partial charge >= 0.3 is 0 Å². The Hall–Kier alpha value is -1.31. The number of phenolic OH excluding ortho intramolecular Hbond substituents is 1. The molecule has 200 valence electrons. The average Bonchev–Trinajstić information content (AvgIpc) is 3.19. The molecule has 4 fully saturated rings. The molecule has 1 N–H and O–H groups in total. The lowest BCUT2D eigenvalue weighted by Crippen LogP contribution is -2.56. The van der Waals surface area contributed by atoms with Crippen LogP contribution >= 0.6 is 0 Å². The maximum absolute atomic E-state index is 13.3. The van der Waals surface area contributed by atoms with Crippen molar-refractivity contribution in [1.29, 1.82) is 0 Å². The number of hydrogen-bond acceptors (Lipinski definition) is 2. The molecule has 0 aliphatic heterocycles. The molecule has 0 amide bonds. The fourth-order valence-corrected chi connectivity index (χ4v) is 10.5. The third-order valence-corrected chi connectivity index (χ3v) is 12.3. The Balaban J connectivity index is 1.31. The summed E-state index contributed by atoms with van der Waals surface area (Å²) in [6, 6.07) is 7.60. The van der Waals surface area contributed by atoms with Crippen LogP contribution < -0.4 is 0 Å². The number of ketones is 1. The van der Waals surface area contributed by atoms with Crippen molar-refractivity contribution < 1.29 is 9.90 Å². The number of aromatic hydroxyl groups is 1. The van der Waals surface area contributed by atoms with E-state index >= 15 is 0 Å². The molecule has 0 radical (unpaired) electrons. The minimum Gasteiger partial charge on any atom is -0.508 e. The molecule has 1 unspecified atom stereocenters. The third-order valence-electron chi connectivity index (χ3n) is 12.3. The zero-order chi connectivity index (χ0) is 25.7. The molecule has 1 aromatic carbocycles. The lowest BCUT2D eigenvalue weighted by molar-refractivity contribution is -0.152. The smallest absolute Gasteiger partial charge is 0.136 e. The highest BCUT2D eigenvalue weighted by Gasteiger charge is 2.61. The zero-order valence-corrected chi connectivity index (χ0v) is 23.8. The topological polar surface area (TPSA) is 37.3 Å². The van der Waals surface area contributed by atoms with Crippen molar-refractivity contribution in [3.8, 4) is 5.75 Å². The minimum atomic E-state index is 0.167. The summed E-state index contributed by atoms with van der Waals surface area (Å²) in [5.74, 6) is 6.70. The summed E-state index contributed by atoms with van der Waals surface area (Å²) in [5, 5.41) is 9.72. The molecule has 4 aliphatic carbocycles. The monoisotopic (exact) mass is 492 g/mol. The largest absolute Gasteiger partial charge is 0.508 e. The van der Waals surface area contributed by atoms with Gasteiger partial charge in [-0.3, -0.25) is 4.79 Å². The van der Waals surface area contributed by atoms with Crippen LogP contribution in [0.3, 0.4) is 0 Å².